The van der Waals surface area contributed by atoms with Crippen LogP contribution in [0.3, 0.4) is 0 Å². The molecule has 6 nitrogen and oxygen atoms in total. The smallest absolute Gasteiger partial charge is 0.311 e. The summed E-state index contributed by atoms with van der Waals surface area (Å²) in [5.74, 6) is 4.15. The van der Waals surface area contributed by atoms with Crippen LogP contribution in [0.15, 0.2) is 59.3 Å². The van der Waals surface area contributed by atoms with E-state index in [1.807, 2.05) is 20.8 Å². The van der Waals surface area contributed by atoms with E-state index < -0.39 is 11.5 Å². The molecule has 1 aliphatic heterocycles. The van der Waals surface area contributed by atoms with Crippen LogP contribution in [0.4, 0.5) is 0 Å². The van der Waals surface area contributed by atoms with E-state index >= 15 is 0 Å². The van der Waals surface area contributed by atoms with Gasteiger partial charge < -0.3 is 19.7 Å². The van der Waals surface area contributed by atoms with Gasteiger partial charge in [0.1, 0.15) is 12.2 Å². The predicted octanol–water partition coefficient (Wildman–Crippen LogP) is 12.2. The lowest BCUT2D eigenvalue weighted by Gasteiger charge is -2.44. The average molecular weight is 803 g/mol. The van der Waals surface area contributed by atoms with Crippen LogP contribution in [0.5, 0.6) is 0 Å². The van der Waals surface area contributed by atoms with E-state index in [0.29, 0.717) is 29.6 Å². The molecular weight excluding hydrogens is 721 g/mol. The number of aliphatic hydroxyl groups is 2. The number of fused-ring (bicyclic) bond motifs is 2. The van der Waals surface area contributed by atoms with Gasteiger partial charge in [-0.05, 0) is 149 Å². The Morgan fingerprint density at radius 1 is 1.03 bits per heavy atom. The lowest BCUT2D eigenvalue weighted by Crippen LogP contribution is -2.43. The van der Waals surface area contributed by atoms with Crippen molar-refractivity contribution >= 4 is 11.9 Å². The first-order valence-corrected chi connectivity index (χ1v) is 23.7. The van der Waals surface area contributed by atoms with Crippen molar-refractivity contribution in [2.75, 3.05) is 0 Å². The molecule has 6 aliphatic rings. The zero-order chi connectivity index (χ0) is 42.4. The first-order valence-electron chi connectivity index (χ1n) is 23.7. The summed E-state index contributed by atoms with van der Waals surface area (Å²) in [5, 5.41) is 19.9. The second-order valence-corrected chi connectivity index (χ2v) is 21.1. The molecule has 0 spiro atoms. The van der Waals surface area contributed by atoms with Gasteiger partial charge in [0.05, 0.1) is 24.0 Å². The Kier molecular flexibility index (Phi) is 16.4. The molecule has 0 unspecified atom stereocenters. The van der Waals surface area contributed by atoms with Crippen molar-refractivity contribution in [3.8, 4) is 0 Å². The summed E-state index contributed by atoms with van der Waals surface area (Å²) in [4.78, 5) is 24.6. The Morgan fingerprint density at radius 3 is 2.50 bits per heavy atom. The van der Waals surface area contributed by atoms with Gasteiger partial charge in [0.2, 0.25) is 0 Å². The van der Waals surface area contributed by atoms with Crippen LogP contribution in [0.25, 0.3) is 0 Å². The van der Waals surface area contributed by atoms with Gasteiger partial charge in [0.25, 0.3) is 0 Å². The third-order valence-corrected chi connectivity index (χ3v) is 15.7. The van der Waals surface area contributed by atoms with E-state index in [9.17, 15) is 19.8 Å². The molecule has 6 heteroatoms. The molecule has 326 valence electrons. The monoisotopic (exact) mass is 803 g/mol. The van der Waals surface area contributed by atoms with Gasteiger partial charge >= 0.3 is 11.9 Å². The minimum absolute atomic E-state index is 0.0949. The van der Waals surface area contributed by atoms with Crippen molar-refractivity contribution in [3.05, 3.63) is 59.3 Å². The summed E-state index contributed by atoms with van der Waals surface area (Å²) in [5.41, 5.74) is 5.50. The Morgan fingerprint density at radius 2 is 1.79 bits per heavy atom. The molecule has 1 heterocycles. The molecule has 0 bridgehead atoms. The fraction of sp³-hybridized carbons (Fsp3) is 0.769. The second-order valence-electron chi connectivity index (χ2n) is 21.1. The highest BCUT2D eigenvalue weighted by molar-refractivity contribution is 5.76. The molecular formula is C52H82O6. The number of allylic oxidation sites excluding steroid dienone is 7. The molecule has 1 saturated heterocycles. The Labute approximate surface area is 353 Å². The second kappa shape index (κ2) is 20.4. The number of rotatable bonds is 12. The minimum atomic E-state index is -0.601. The summed E-state index contributed by atoms with van der Waals surface area (Å²) in [6.07, 6.45) is 27.8. The highest BCUT2D eigenvalue weighted by Gasteiger charge is 2.50. The molecule has 0 aromatic rings. The van der Waals surface area contributed by atoms with E-state index in [-0.39, 0.29) is 42.6 Å². The van der Waals surface area contributed by atoms with E-state index in [4.69, 9.17) is 9.47 Å². The maximum atomic E-state index is 12.9. The van der Waals surface area contributed by atoms with E-state index in [1.165, 1.54) is 68.1 Å². The van der Waals surface area contributed by atoms with Crippen LogP contribution in [0.1, 0.15) is 171 Å². The van der Waals surface area contributed by atoms with Crippen molar-refractivity contribution in [3.63, 3.8) is 0 Å². The fourth-order valence-corrected chi connectivity index (χ4v) is 11.7. The summed E-state index contributed by atoms with van der Waals surface area (Å²) < 4.78 is 11.6. The Hall–Kier alpha value is -2.44. The number of carbonyl (C=O) groups excluding carboxylic acids is 2. The van der Waals surface area contributed by atoms with Crippen molar-refractivity contribution in [1.82, 2.24) is 0 Å². The quantitative estimate of drug-likeness (QED) is 0.191. The largest absolute Gasteiger partial charge is 0.462 e. The normalized spacial score (nSPS) is 37.1. The summed E-state index contributed by atoms with van der Waals surface area (Å²) in [6, 6.07) is 0. The number of hydrogen-bond donors (Lipinski definition) is 2. The van der Waals surface area contributed by atoms with Gasteiger partial charge in [-0.1, -0.05) is 116 Å². The molecule has 0 amide bonds. The summed E-state index contributed by atoms with van der Waals surface area (Å²) >= 11 is 0. The molecule has 12 atom stereocenters. The Balaban J connectivity index is 0.000000221. The zero-order valence-electron chi connectivity index (χ0n) is 38.1. The number of hydrogen-bond acceptors (Lipinski definition) is 6. The molecule has 0 aromatic carbocycles. The van der Waals surface area contributed by atoms with Gasteiger partial charge in [0, 0.05) is 12.3 Å². The summed E-state index contributed by atoms with van der Waals surface area (Å²) in [7, 11) is 0. The van der Waals surface area contributed by atoms with Crippen LogP contribution < -0.4 is 0 Å². The van der Waals surface area contributed by atoms with Gasteiger partial charge in [0.15, 0.2) is 0 Å². The fourth-order valence-electron chi connectivity index (χ4n) is 11.7. The molecule has 0 aromatic heterocycles. The number of ether oxygens (including phenoxy) is 2. The molecule has 2 N–H and O–H groups in total. The molecule has 3 saturated carbocycles. The van der Waals surface area contributed by atoms with E-state index in [2.05, 4.69) is 78.5 Å². The van der Waals surface area contributed by atoms with Crippen molar-refractivity contribution < 1.29 is 29.3 Å². The third-order valence-electron chi connectivity index (χ3n) is 15.7. The number of aliphatic hydroxyl groups excluding tert-OH is 2. The first kappa shape index (κ1) is 46.6. The Bertz CT molecular complexity index is 1550. The minimum Gasteiger partial charge on any atom is -0.462 e. The molecule has 4 fully saturated rings. The maximum Gasteiger partial charge on any atom is 0.311 e. The first-order chi connectivity index (χ1) is 27.4. The van der Waals surface area contributed by atoms with Crippen LogP contribution in [-0.4, -0.2) is 46.6 Å². The standard InChI is InChI=1S/C27H44O.C25H38O5/c1-19(2)8-6-9-21(4)25-15-16-26-22(10-7-17-27(25,26)5)12-13-23-18-24(28)14-11-20(23)3;1-6-25(4,5)24(28)30-21-12-15(2)11-17-8-7-16(3)20(23(17)21)10-9-19-13-18(26)14-22(27)29-19/h12-13,19,21,24-26,28H,3,6-11,14-18H2,1-2,4-5H3;7-8,11,15-16,18-21,23,26H,6,9-10,12-14H2,1-5H3/b22-12+,23-13-;/t21-,24+,25-,26+,27-;15-,16-,18+,19+,20-,21-,23-/m10/s1. The van der Waals surface area contributed by atoms with Crippen molar-refractivity contribution in [2.24, 2.45) is 58.2 Å². The van der Waals surface area contributed by atoms with Gasteiger partial charge in [-0.25, -0.2) is 0 Å². The zero-order valence-corrected chi connectivity index (χ0v) is 38.1. The van der Waals surface area contributed by atoms with Crippen LogP contribution in [0, 0.1) is 58.2 Å². The molecule has 58 heavy (non-hydrogen) atoms. The topological polar surface area (TPSA) is 93.1 Å². The highest BCUT2D eigenvalue weighted by atomic mass is 16.6. The lowest BCUT2D eigenvalue weighted by molar-refractivity contribution is -0.166. The number of esters is 2. The molecule has 6 rings (SSSR count). The van der Waals surface area contributed by atoms with Crippen molar-refractivity contribution in [2.45, 2.75) is 196 Å². The third kappa shape index (κ3) is 11.7. The van der Waals surface area contributed by atoms with E-state index in [1.54, 1.807) is 5.57 Å². The van der Waals surface area contributed by atoms with Crippen LogP contribution in [0.2, 0.25) is 0 Å². The van der Waals surface area contributed by atoms with Gasteiger partial charge in [-0.3, -0.25) is 9.59 Å². The average Bonchev–Trinajstić information content (AvgIpc) is 3.52. The number of cyclic esters (lactones) is 1. The van der Waals surface area contributed by atoms with Crippen LogP contribution >= 0.6 is 0 Å². The highest BCUT2D eigenvalue weighted by Crippen LogP contribution is 2.60. The molecule has 0 radical (unpaired) electrons. The lowest BCUT2D eigenvalue weighted by atomic mass is 9.60. The maximum absolute atomic E-state index is 12.9. The SMILES string of the molecule is C=C1CC[C@H](O)C/C1=C/C=C1\CCC[C@]2(C)[C@@H]([C@H](C)CCCC(C)C)CC[C@@H]12.CCC(C)(C)C(=O)O[C@H]1C[C@@H](C)C=C2C=C[C@H](C)[C@H](CC[C@@H]3C[C@@H](O)CC(=O)O3)[C@H]21. The van der Waals surface area contributed by atoms with Gasteiger partial charge in [-0.2, -0.15) is 0 Å². The molecule has 5 aliphatic carbocycles. The predicted molar refractivity (Wildman–Crippen MR) is 237 cm³/mol. The van der Waals surface area contributed by atoms with Crippen molar-refractivity contribution in [1.29, 1.82) is 0 Å². The van der Waals surface area contributed by atoms with E-state index in [0.717, 1.165) is 68.6 Å². The summed E-state index contributed by atoms with van der Waals surface area (Å²) in [6.45, 7) is 24.4. The number of carbonyl (C=O) groups is 2. The van der Waals surface area contributed by atoms with Gasteiger partial charge in [-0.15, -0.1) is 0 Å². The van der Waals surface area contributed by atoms with Crippen LogP contribution in [-0.2, 0) is 19.1 Å².